The van der Waals surface area contributed by atoms with Gasteiger partial charge in [-0.3, -0.25) is 9.59 Å². The first-order valence-electron chi connectivity index (χ1n) is 10.4. The van der Waals surface area contributed by atoms with Gasteiger partial charge in [0.1, 0.15) is 11.3 Å². The number of halogens is 2. The zero-order valence-corrected chi connectivity index (χ0v) is 17.7. The molecule has 1 heterocycles. The van der Waals surface area contributed by atoms with Crippen LogP contribution in [0.4, 0.5) is 8.78 Å². The normalized spacial score (nSPS) is 15.5. The van der Waals surface area contributed by atoms with Crippen LogP contribution in [-0.2, 0) is 4.79 Å². The fourth-order valence-corrected chi connectivity index (χ4v) is 3.80. The fourth-order valence-electron chi connectivity index (χ4n) is 3.80. The number of carbonyl (C=O) groups is 2. The molecule has 0 saturated heterocycles. The van der Waals surface area contributed by atoms with Crippen LogP contribution in [0.3, 0.4) is 0 Å². The molecule has 10 heteroatoms. The van der Waals surface area contributed by atoms with Gasteiger partial charge in [0.2, 0.25) is 5.91 Å². The third kappa shape index (κ3) is 5.18. The first-order chi connectivity index (χ1) is 14.9. The van der Waals surface area contributed by atoms with Gasteiger partial charge in [-0.2, -0.15) is 8.78 Å². The maximum absolute atomic E-state index is 13.0. The van der Waals surface area contributed by atoms with E-state index in [9.17, 15) is 18.4 Å². The average molecular weight is 435 g/mol. The SMILES string of the molecule is CCCNC(=O)C1(NC(=O)c2nnn(-c3ccc(OC(F)F)cc3)c2C)CCCCC1. The largest absolute Gasteiger partial charge is 0.435 e. The molecule has 1 saturated carbocycles. The second kappa shape index (κ2) is 9.84. The van der Waals surface area contributed by atoms with Crippen molar-refractivity contribution in [3.63, 3.8) is 0 Å². The van der Waals surface area contributed by atoms with Crippen LogP contribution < -0.4 is 15.4 Å². The number of carbonyl (C=O) groups excluding carboxylic acids is 2. The van der Waals surface area contributed by atoms with Crippen molar-refractivity contribution >= 4 is 11.8 Å². The highest BCUT2D eigenvalue weighted by Crippen LogP contribution is 2.29. The minimum Gasteiger partial charge on any atom is -0.435 e. The molecular weight excluding hydrogens is 408 g/mol. The summed E-state index contributed by atoms with van der Waals surface area (Å²) in [6, 6.07) is 5.86. The van der Waals surface area contributed by atoms with E-state index in [1.807, 2.05) is 6.92 Å². The predicted molar refractivity (Wildman–Crippen MR) is 109 cm³/mol. The molecule has 0 aliphatic heterocycles. The number of ether oxygens (including phenoxy) is 1. The Bertz CT molecular complexity index is 908. The van der Waals surface area contributed by atoms with Gasteiger partial charge in [0, 0.05) is 6.54 Å². The molecule has 2 N–H and O–H groups in total. The van der Waals surface area contributed by atoms with E-state index in [-0.39, 0.29) is 17.4 Å². The Morgan fingerprint density at radius 3 is 2.48 bits per heavy atom. The number of hydrogen-bond acceptors (Lipinski definition) is 5. The van der Waals surface area contributed by atoms with Gasteiger partial charge in [-0.1, -0.05) is 31.4 Å². The predicted octanol–water partition coefficient (Wildman–Crippen LogP) is 3.14. The van der Waals surface area contributed by atoms with Crippen LogP contribution in [0.1, 0.15) is 61.6 Å². The highest BCUT2D eigenvalue weighted by atomic mass is 19.3. The van der Waals surface area contributed by atoms with Gasteiger partial charge < -0.3 is 15.4 Å². The summed E-state index contributed by atoms with van der Waals surface area (Å²) in [6.45, 7) is 1.30. The van der Waals surface area contributed by atoms with Crippen LogP contribution in [0, 0.1) is 6.92 Å². The second-order valence-corrected chi connectivity index (χ2v) is 7.66. The van der Waals surface area contributed by atoms with Gasteiger partial charge in [0.15, 0.2) is 5.69 Å². The molecule has 168 valence electrons. The molecule has 2 aromatic rings. The Morgan fingerprint density at radius 1 is 1.19 bits per heavy atom. The molecule has 1 fully saturated rings. The Labute approximate surface area is 179 Å². The molecule has 0 unspecified atom stereocenters. The molecule has 1 aromatic heterocycles. The quantitative estimate of drug-likeness (QED) is 0.664. The van der Waals surface area contributed by atoms with Crippen LogP contribution in [0.2, 0.25) is 0 Å². The molecule has 1 aromatic carbocycles. The van der Waals surface area contributed by atoms with Crippen molar-refractivity contribution in [2.45, 2.75) is 64.5 Å². The van der Waals surface area contributed by atoms with E-state index in [4.69, 9.17) is 0 Å². The van der Waals surface area contributed by atoms with Crippen molar-refractivity contribution in [1.82, 2.24) is 25.6 Å². The zero-order chi connectivity index (χ0) is 22.4. The number of amides is 2. The molecule has 1 aliphatic rings. The van der Waals surface area contributed by atoms with E-state index in [0.29, 0.717) is 30.8 Å². The summed E-state index contributed by atoms with van der Waals surface area (Å²) in [5.74, 6) is -0.608. The van der Waals surface area contributed by atoms with Gasteiger partial charge in [-0.15, -0.1) is 5.10 Å². The molecule has 0 spiro atoms. The van der Waals surface area contributed by atoms with E-state index < -0.39 is 18.1 Å². The molecular formula is C21H27F2N5O3. The van der Waals surface area contributed by atoms with Crippen molar-refractivity contribution < 1.29 is 23.1 Å². The van der Waals surface area contributed by atoms with Crippen LogP contribution in [0.25, 0.3) is 5.69 Å². The minimum atomic E-state index is -2.91. The summed E-state index contributed by atoms with van der Waals surface area (Å²) in [7, 11) is 0. The molecule has 0 atom stereocenters. The lowest BCUT2D eigenvalue weighted by atomic mass is 9.80. The van der Waals surface area contributed by atoms with E-state index >= 15 is 0 Å². The van der Waals surface area contributed by atoms with Crippen molar-refractivity contribution in [1.29, 1.82) is 0 Å². The summed E-state index contributed by atoms with van der Waals surface area (Å²) in [5.41, 5.74) is 0.175. The Balaban J connectivity index is 1.79. The van der Waals surface area contributed by atoms with Crippen LogP contribution >= 0.6 is 0 Å². The molecule has 31 heavy (non-hydrogen) atoms. The average Bonchev–Trinajstić information content (AvgIpc) is 3.14. The lowest BCUT2D eigenvalue weighted by Crippen LogP contribution is -2.60. The van der Waals surface area contributed by atoms with Crippen LogP contribution in [-0.4, -0.2) is 45.5 Å². The molecule has 8 nitrogen and oxygen atoms in total. The third-order valence-corrected chi connectivity index (χ3v) is 5.45. The van der Waals surface area contributed by atoms with Gasteiger partial charge in [-0.05, 0) is 50.5 Å². The molecule has 1 aliphatic carbocycles. The maximum atomic E-state index is 13.0. The number of hydrogen-bond donors (Lipinski definition) is 2. The number of nitrogens with zero attached hydrogens (tertiary/aromatic N) is 3. The number of benzene rings is 1. The topological polar surface area (TPSA) is 98.1 Å². The monoisotopic (exact) mass is 435 g/mol. The van der Waals surface area contributed by atoms with Crippen molar-refractivity contribution in [3.05, 3.63) is 35.7 Å². The number of rotatable bonds is 8. The second-order valence-electron chi connectivity index (χ2n) is 7.66. The number of aromatic nitrogens is 3. The van der Waals surface area contributed by atoms with E-state index in [2.05, 4.69) is 25.7 Å². The Kier molecular flexibility index (Phi) is 7.19. The van der Waals surface area contributed by atoms with E-state index in [0.717, 1.165) is 25.7 Å². The van der Waals surface area contributed by atoms with Crippen LogP contribution in [0.5, 0.6) is 5.75 Å². The lowest BCUT2D eigenvalue weighted by Gasteiger charge is -2.36. The highest BCUT2D eigenvalue weighted by molar-refractivity contribution is 5.98. The third-order valence-electron chi connectivity index (χ3n) is 5.45. The zero-order valence-electron chi connectivity index (χ0n) is 17.7. The highest BCUT2D eigenvalue weighted by Gasteiger charge is 2.41. The van der Waals surface area contributed by atoms with E-state index in [1.54, 1.807) is 19.1 Å². The molecule has 2 amide bonds. The van der Waals surface area contributed by atoms with Gasteiger partial charge >= 0.3 is 6.61 Å². The first kappa shape index (κ1) is 22.6. The number of alkyl halides is 2. The van der Waals surface area contributed by atoms with Crippen LogP contribution in [0.15, 0.2) is 24.3 Å². The molecule has 0 radical (unpaired) electrons. The summed E-state index contributed by atoms with van der Waals surface area (Å²) in [6.07, 6.45) is 4.71. The lowest BCUT2D eigenvalue weighted by molar-refractivity contribution is -0.128. The summed E-state index contributed by atoms with van der Waals surface area (Å²) < 4.78 is 30.4. The molecule has 3 rings (SSSR count). The minimum absolute atomic E-state index is 0.0202. The Hall–Kier alpha value is -3.04. The van der Waals surface area contributed by atoms with Gasteiger partial charge in [0.05, 0.1) is 11.4 Å². The van der Waals surface area contributed by atoms with Crippen molar-refractivity contribution in [2.75, 3.05) is 6.54 Å². The van der Waals surface area contributed by atoms with Gasteiger partial charge in [-0.25, -0.2) is 4.68 Å². The smallest absolute Gasteiger partial charge is 0.387 e. The fraction of sp³-hybridized carbons (Fsp3) is 0.524. The first-order valence-corrected chi connectivity index (χ1v) is 10.4. The van der Waals surface area contributed by atoms with Crippen molar-refractivity contribution in [2.24, 2.45) is 0 Å². The standard InChI is InChI=1S/C21H27F2N5O3/c1-3-13-24-19(30)21(11-5-4-6-12-21)25-18(29)17-14(2)28(27-26-17)15-7-9-16(10-8-15)31-20(22)23/h7-10,20H,3-6,11-13H2,1-2H3,(H,24,30)(H,25,29). The summed E-state index contributed by atoms with van der Waals surface area (Å²) in [4.78, 5) is 25.9. The number of nitrogens with one attached hydrogen (secondary N) is 2. The summed E-state index contributed by atoms with van der Waals surface area (Å²) in [5, 5.41) is 13.9. The molecule has 0 bridgehead atoms. The summed E-state index contributed by atoms with van der Waals surface area (Å²) >= 11 is 0. The van der Waals surface area contributed by atoms with Crippen molar-refractivity contribution in [3.8, 4) is 11.4 Å². The Morgan fingerprint density at radius 2 is 1.87 bits per heavy atom. The van der Waals surface area contributed by atoms with E-state index in [1.165, 1.54) is 16.8 Å². The van der Waals surface area contributed by atoms with Gasteiger partial charge in [0.25, 0.3) is 5.91 Å². The maximum Gasteiger partial charge on any atom is 0.387 e.